The number of halogens is 1. The zero-order valence-corrected chi connectivity index (χ0v) is 11.9. The van der Waals surface area contributed by atoms with Crippen molar-refractivity contribution in [3.8, 4) is 5.75 Å². The molecule has 1 atom stereocenters. The lowest BCUT2D eigenvalue weighted by Gasteiger charge is -2.09. The van der Waals surface area contributed by atoms with Crippen LogP contribution in [0.25, 0.3) is 0 Å². The van der Waals surface area contributed by atoms with Gasteiger partial charge in [0.1, 0.15) is 23.5 Å². The molecule has 1 aliphatic rings. The van der Waals surface area contributed by atoms with Crippen molar-refractivity contribution < 1.29 is 9.13 Å². The third kappa shape index (κ3) is 2.51. The number of fused-ring (bicyclic) bond motifs is 1. The average molecular weight is 294 g/mol. The Labute approximate surface area is 120 Å². The van der Waals surface area contributed by atoms with E-state index < -0.39 is 0 Å². The number of thioether (sulfide) groups is 1. The van der Waals surface area contributed by atoms with E-state index in [9.17, 15) is 4.39 Å². The Morgan fingerprint density at radius 2 is 2.35 bits per heavy atom. The van der Waals surface area contributed by atoms with Gasteiger partial charge >= 0.3 is 0 Å². The van der Waals surface area contributed by atoms with E-state index in [2.05, 4.69) is 10.2 Å². The molecule has 0 saturated carbocycles. The monoisotopic (exact) mass is 294 g/mol. The largest absolute Gasteiger partial charge is 0.489 e. The lowest BCUT2D eigenvalue weighted by Crippen LogP contribution is -2.16. The van der Waals surface area contributed by atoms with Crippen LogP contribution in [0.1, 0.15) is 11.4 Å². The SMILES string of the molecule is Cn1c(CN)nnc1SCC1Cc2cc(F)ccc2O1. The Balaban J connectivity index is 1.62. The van der Waals surface area contributed by atoms with E-state index in [4.69, 9.17) is 10.5 Å². The fourth-order valence-corrected chi connectivity index (χ4v) is 3.12. The summed E-state index contributed by atoms with van der Waals surface area (Å²) in [6.45, 7) is 0.370. The van der Waals surface area contributed by atoms with Crippen LogP contribution in [0, 0.1) is 5.82 Å². The number of hydrogen-bond donors (Lipinski definition) is 1. The van der Waals surface area contributed by atoms with Gasteiger partial charge in [0, 0.05) is 24.8 Å². The van der Waals surface area contributed by atoms with E-state index in [0.29, 0.717) is 6.54 Å². The second kappa shape index (κ2) is 5.41. The Hall–Kier alpha value is -1.60. The van der Waals surface area contributed by atoms with Gasteiger partial charge in [-0.15, -0.1) is 10.2 Å². The van der Waals surface area contributed by atoms with Crippen LogP contribution < -0.4 is 10.5 Å². The maximum atomic E-state index is 13.1. The highest BCUT2D eigenvalue weighted by Gasteiger charge is 2.24. The summed E-state index contributed by atoms with van der Waals surface area (Å²) >= 11 is 1.57. The number of hydrogen-bond acceptors (Lipinski definition) is 5. The number of nitrogens with zero attached hydrogens (tertiary/aromatic N) is 3. The first-order valence-electron chi connectivity index (χ1n) is 6.33. The highest BCUT2D eigenvalue weighted by Crippen LogP contribution is 2.31. The molecule has 0 amide bonds. The van der Waals surface area contributed by atoms with E-state index in [-0.39, 0.29) is 11.9 Å². The molecule has 1 aromatic carbocycles. The summed E-state index contributed by atoms with van der Waals surface area (Å²) in [7, 11) is 1.89. The van der Waals surface area contributed by atoms with Crippen molar-refractivity contribution in [2.45, 2.75) is 24.2 Å². The van der Waals surface area contributed by atoms with Gasteiger partial charge in [0.25, 0.3) is 0 Å². The average Bonchev–Trinajstić information content (AvgIpc) is 2.99. The lowest BCUT2D eigenvalue weighted by atomic mass is 10.1. The molecule has 2 heterocycles. The highest BCUT2D eigenvalue weighted by atomic mass is 32.2. The molecule has 2 N–H and O–H groups in total. The second-order valence-corrected chi connectivity index (χ2v) is 5.66. The molecule has 2 aromatic rings. The highest BCUT2D eigenvalue weighted by molar-refractivity contribution is 7.99. The van der Waals surface area contributed by atoms with E-state index in [1.807, 2.05) is 11.6 Å². The van der Waals surface area contributed by atoms with Crippen LogP contribution in [0.2, 0.25) is 0 Å². The number of aromatic nitrogens is 3. The maximum absolute atomic E-state index is 13.1. The molecular weight excluding hydrogens is 279 g/mol. The van der Waals surface area contributed by atoms with E-state index in [0.717, 1.165) is 34.5 Å². The number of rotatable bonds is 4. The number of nitrogens with two attached hydrogens (primary N) is 1. The molecule has 0 spiro atoms. The zero-order chi connectivity index (χ0) is 14.1. The van der Waals surface area contributed by atoms with Gasteiger partial charge in [-0.1, -0.05) is 11.8 Å². The van der Waals surface area contributed by atoms with Crippen LogP contribution >= 0.6 is 11.8 Å². The predicted molar refractivity (Wildman–Crippen MR) is 74.1 cm³/mol. The van der Waals surface area contributed by atoms with Crippen molar-refractivity contribution in [2.24, 2.45) is 12.8 Å². The summed E-state index contributed by atoms with van der Waals surface area (Å²) in [6, 6.07) is 4.64. The summed E-state index contributed by atoms with van der Waals surface area (Å²) in [5, 5.41) is 8.91. The van der Waals surface area contributed by atoms with Crippen molar-refractivity contribution in [2.75, 3.05) is 5.75 Å². The first-order valence-corrected chi connectivity index (χ1v) is 7.32. The van der Waals surface area contributed by atoms with Crippen molar-refractivity contribution in [1.82, 2.24) is 14.8 Å². The molecule has 0 saturated heterocycles. The molecule has 5 nitrogen and oxygen atoms in total. The molecular formula is C13H15FN4OS. The van der Waals surface area contributed by atoms with Crippen LogP contribution in [0.3, 0.4) is 0 Å². The van der Waals surface area contributed by atoms with Crippen molar-refractivity contribution >= 4 is 11.8 Å². The summed E-state index contributed by atoms with van der Waals surface area (Å²) in [5.74, 6) is 2.05. The van der Waals surface area contributed by atoms with Gasteiger partial charge in [-0.25, -0.2) is 4.39 Å². The maximum Gasteiger partial charge on any atom is 0.191 e. The summed E-state index contributed by atoms with van der Waals surface area (Å²) in [5.41, 5.74) is 6.49. The summed E-state index contributed by atoms with van der Waals surface area (Å²) in [6.07, 6.45) is 0.761. The minimum atomic E-state index is -0.221. The normalized spacial score (nSPS) is 17.1. The second-order valence-electron chi connectivity index (χ2n) is 4.67. The number of benzene rings is 1. The molecule has 1 unspecified atom stereocenters. The smallest absolute Gasteiger partial charge is 0.191 e. The van der Waals surface area contributed by atoms with Crippen LogP contribution in [-0.2, 0) is 20.0 Å². The van der Waals surface area contributed by atoms with Gasteiger partial charge < -0.3 is 15.0 Å². The molecule has 0 radical (unpaired) electrons. The quantitative estimate of drug-likeness (QED) is 0.866. The summed E-state index contributed by atoms with van der Waals surface area (Å²) in [4.78, 5) is 0. The lowest BCUT2D eigenvalue weighted by molar-refractivity contribution is 0.259. The first kappa shape index (κ1) is 13.4. The van der Waals surface area contributed by atoms with Gasteiger partial charge in [-0.2, -0.15) is 0 Å². The standard InChI is InChI=1S/C13H15FN4OS/c1-18-12(6-15)16-17-13(18)20-7-10-5-8-4-9(14)2-3-11(8)19-10/h2-4,10H,5-7,15H2,1H3. The molecule has 3 rings (SSSR count). The van der Waals surface area contributed by atoms with E-state index >= 15 is 0 Å². The Morgan fingerprint density at radius 1 is 1.50 bits per heavy atom. The third-order valence-corrected chi connectivity index (χ3v) is 4.42. The van der Waals surface area contributed by atoms with E-state index in [1.165, 1.54) is 12.1 Å². The first-order chi connectivity index (χ1) is 9.67. The fourth-order valence-electron chi connectivity index (χ4n) is 2.20. The van der Waals surface area contributed by atoms with Crippen LogP contribution in [0.15, 0.2) is 23.4 Å². The fraction of sp³-hybridized carbons (Fsp3) is 0.385. The Morgan fingerprint density at radius 3 is 3.10 bits per heavy atom. The molecule has 0 fully saturated rings. The van der Waals surface area contributed by atoms with E-state index in [1.54, 1.807) is 17.8 Å². The Kier molecular flexibility index (Phi) is 3.62. The molecule has 1 aromatic heterocycles. The van der Waals surface area contributed by atoms with Crippen molar-refractivity contribution in [1.29, 1.82) is 0 Å². The Bertz CT molecular complexity index is 631. The molecule has 1 aliphatic heterocycles. The third-order valence-electron chi connectivity index (χ3n) is 3.27. The number of ether oxygens (including phenoxy) is 1. The van der Waals surface area contributed by atoms with Gasteiger partial charge in [0.2, 0.25) is 0 Å². The minimum absolute atomic E-state index is 0.0369. The predicted octanol–water partition coefficient (Wildman–Crippen LogP) is 1.51. The van der Waals surface area contributed by atoms with Gasteiger partial charge in [-0.05, 0) is 18.2 Å². The molecule has 0 aliphatic carbocycles. The van der Waals surface area contributed by atoms with Crippen LogP contribution in [0.5, 0.6) is 5.75 Å². The molecule has 7 heteroatoms. The van der Waals surface area contributed by atoms with Crippen LogP contribution in [0.4, 0.5) is 4.39 Å². The van der Waals surface area contributed by atoms with Gasteiger partial charge in [0.15, 0.2) is 5.16 Å². The van der Waals surface area contributed by atoms with Gasteiger partial charge in [0.05, 0.1) is 6.54 Å². The molecule has 106 valence electrons. The zero-order valence-electron chi connectivity index (χ0n) is 11.0. The van der Waals surface area contributed by atoms with Crippen molar-refractivity contribution in [3.05, 3.63) is 35.4 Å². The van der Waals surface area contributed by atoms with Crippen LogP contribution in [-0.4, -0.2) is 26.6 Å². The minimum Gasteiger partial charge on any atom is -0.489 e. The summed E-state index contributed by atoms with van der Waals surface area (Å²) < 4.78 is 20.8. The molecule has 0 bridgehead atoms. The van der Waals surface area contributed by atoms with Crippen molar-refractivity contribution in [3.63, 3.8) is 0 Å². The van der Waals surface area contributed by atoms with Gasteiger partial charge in [-0.3, -0.25) is 0 Å². The topological polar surface area (TPSA) is 66.0 Å². The molecule has 20 heavy (non-hydrogen) atoms.